The summed E-state index contributed by atoms with van der Waals surface area (Å²) < 4.78 is 0. The van der Waals surface area contributed by atoms with E-state index >= 15 is 0 Å². The van der Waals surface area contributed by atoms with Crippen molar-refractivity contribution in [3.8, 4) is 0 Å². The molecule has 1 fully saturated rings. The van der Waals surface area contributed by atoms with E-state index in [-0.39, 0.29) is 18.4 Å². The molecule has 1 heterocycles. The van der Waals surface area contributed by atoms with Gasteiger partial charge in [0.25, 0.3) is 0 Å². The summed E-state index contributed by atoms with van der Waals surface area (Å²) in [5.74, 6) is 0.250. The first-order valence-corrected chi connectivity index (χ1v) is 3.71. The Labute approximate surface area is 60.4 Å². The van der Waals surface area contributed by atoms with Crippen molar-refractivity contribution in [3.63, 3.8) is 0 Å². The highest BCUT2D eigenvalue weighted by Crippen LogP contribution is 2.05. The zero-order chi connectivity index (χ0) is 7.40. The van der Waals surface area contributed by atoms with Crippen LogP contribution in [0, 0.1) is 0 Å². The first kappa shape index (κ1) is 7.69. The molecule has 1 atom stereocenters. The number of ketones is 1. The van der Waals surface area contributed by atoms with Gasteiger partial charge in [0, 0.05) is 13.0 Å². The zero-order valence-corrected chi connectivity index (χ0v) is 5.97. The number of hydrogen-bond acceptors (Lipinski definition) is 3. The number of piperidine rings is 1. The van der Waals surface area contributed by atoms with E-state index in [1.165, 1.54) is 0 Å². The van der Waals surface area contributed by atoms with Gasteiger partial charge in [0.15, 0.2) is 0 Å². The van der Waals surface area contributed by atoms with Crippen molar-refractivity contribution in [2.45, 2.75) is 25.3 Å². The van der Waals surface area contributed by atoms with Gasteiger partial charge in [-0.25, -0.2) is 0 Å². The average molecular weight is 143 g/mol. The molecule has 0 aromatic rings. The van der Waals surface area contributed by atoms with Crippen molar-refractivity contribution >= 4 is 5.78 Å². The summed E-state index contributed by atoms with van der Waals surface area (Å²) in [6, 6.07) is -0.0706. The highest BCUT2D eigenvalue weighted by atomic mass is 16.3. The largest absolute Gasteiger partial charge is 0.396 e. The molecule has 0 aliphatic carbocycles. The molecule has 0 bridgehead atoms. The zero-order valence-electron chi connectivity index (χ0n) is 5.97. The van der Waals surface area contributed by atoms with Gasteiger partial charge < -0.3 is 10.4 Å². The molecule has 0 saturated carbocycles. The third-order valence-corrected chi connectivity index (χ3v) is 1.80. The third-order valence-electron chi connectivity index (χ3n) is 1.80. The van der Waals surface area contributed by atoms with Crippen LogP contribution in [-0.2, 0) is 4.79 Å². The highest BCUT2D eigenvalue weighted by Gasteiger charge is 2.19. The molecule has 1 aliphatic heterocycles. The lowest BCUT2D eigenvalue weighted by molar-refractivity contribution is -0.122. The Kier molecular flexibility index (Phi) is 2.83. The minimum atomic E-state index is -0.0706. The van der Waals surface area contributed by atoms with Crippen LogP contribution in [0.15, 0.2) is 0 Å². The first-order chi connectivity index (χ1) is 4.84. The van der Waals surface area contributed by atoms with Gasteiger partial charge in [0.05, 0.1) is 6.04 Å². The quantitative estimate of drug-likeness (QED) is 0.557. The van der Waals surface area contributed by atoms with Gasteiger partial charge in [-0.05, 0) is 19.4 Å². The molecule has 3 nitrogen and oxygen atoms in total. The Balaban J connectivity index is 2.32. The summed E-state index contributed by atoms with van der Waals surface area (Å²) in [7, 11) is 0. The monoisotopic (exact) mass is 143 g/mol. The van der Waals surface area contributed by atoms with E-state index in [9.17, 15) is 4.79 Å². The Morgan fingerprint density at radius 1 is 1.70 bits per heavy atom. The molecule has 2 N–H and O–H groups in total. The third kappa shape index (κ3) is 1.78. The van der Waals surface area contributed by atoms with E-state index in [4.69, 9.17) is 5.11 Å². The lowest BCUT2D eigenvalue weighted by Gasteiger charge is -2.20. The molecule has 0 aromatic heterocycles. The molecule has 1 rings (SSSR count). The second-order valence-electron chi connectivity index (χ2n) is 2.59. The summed E-state index contributed by atoms with van der Waals surface area (Å²) >= 11 is 0. The first-order valence-electron chi connectivity index (χ1n) is 3.71. The Morgan fingerprint density at radius 3 is 3.10 bits per heavy atom. The number of hydrogen-bond donors (Lipinski definition) is 2. The molecule has 58 valence electrons. The van der Waals surface area contributed by atoms with Crippen LogP contribution in [0.4, 0.5) is 0 Å². The molecular formula is C7H13NO2. The minimum Gasteiger partial charge on any atom is -0.396 e. The maximum Gasteiger partial charge on any atom is 0.149 e. The van der Waals surface area contributed by atoms with E-state index < -0.39 is 0 Å². The van der Waals surface area contributed by atoms with Crippen LogP contribution in [0.5, 0.6) is 0 Å². The van der Waals surface area contributed by atoms with Gasteiger partial charge in [-0.15, -0.1) is 0 Å². The van der Waals surface area contributed by atoms with Gasteiger partial charge in [-0.1, -0.05) is 0 Å². The second kappa shape index (κ2) is 3.68. The molecule has 1 unspecified atom stereocenters. The summed E-state index contributed by atoms with van der Waals surface area (Å²) in [5, 5.41) is 11.6. The summed E-state index contributed by atoms with van der Waals surface area (Å²) in [4.78, 5) is 11.0. The lowest BCUT2D eigenvalue weighted by atomic mass is 10.0. The number of nitrogens with one attached hydrogen (secondary N) is 1. The number of rotatable bonds is 2. The predicted molar refractivity (Wildman–Crippen MR) is 37.7 cm³/mol. The summed E-state index contributed by atoms with van der Waals surface area (Å²) in [5.41, 5.74) is 0. The van der Waals surface area contributed by atoms with Gasteiger partial charge in [-0.3, -0.25) is 4.79 Å². The number of carbonyl (C=O) groups is 1. The van der Waals surface area contributed by atoms with Crippen LogP contribution in [0.25, 0.3) is 0 Å². The fourth-order valence-corrected chi connectivity index (χ4v) is 1.22. The molecule has 0 amide bonds. The fraction of sp³-hybridized carbons (Fsp3) is 0.857. The van der Waals surface area contributed by atoms with Gasteiger partial charge in [-0.2, -0.15) is 0 Å². The molecular weight excluding hydrogens is 130 g/mol. The molecule has 3 heteroatoms. The van der Waals surface area contributed by atoms with Crippen LogP contribution in [0.2, 0.25) is 0 Å². The molecule has 10 heavy (non-hydrogen) atoms. The Hall–Kier alpha value is -0.410. The molecule has 0 aromatic carbocycles. The van der Waals surface area contributed by atoms with E-state index in [0.717, 1.165) is 13.0 Å². The Morgan fingerprint density at radius 2 is 2.50 bits per heavy atom. The van der Waals surface area contributed by atoms with Crippen molar-refractivity contribution in [3.05, 3.63) is 0 Å². The normalized spacial score (nSPS) is 26.9. The van der Waals surface area contributed by atoms with Crippen LogP contribution in [0.1, 0.15) is 19.3 Å². The van der Waals surface area contributed by atoms with Crippen molar-refractivity contribution < 1.29 is 9.90 Å². The number of carbonyl (C=O) groups excluding carboxylic acids is 1. The van der Waals surface area contributed by atoms with Crippen molar-refractivity contribution in [1.29, 1.82) is 0 Å². The van der Waals surface area contributed by atoms with Crippen LogP contribution in [-0.4, -0.2) is 30.1 Å². The molecule has 1 aliphatic rings. The molecule has 1 saturated heterocycles. The summed E-state index contributed by atoms with van der Waals surface area (Å²) in [6.45, 7) is 1.01. The van der Waals surface area contributed by atoms with E-state index in [2.05, 4.69) is 5.32 Å². The van der Waals surface area contributed by atoms with Crippen molar-refractivity contribution in [1.82, 2.24) is 5.32 Å². The van der Waals surface area contributed by atoms with E-state index in [1.807, 2.05) is 0 Å². The maximum absolute atomic E-state index is 11.0. The fourth-order valence-electron chi connectivity index (χ4n) is 1.22. The average Bonchev–Trinajstić information content (AvgIpc) is 1.94. The van der Waals surface area contributed by atoms with Gasteiger partial charge in [0.2, 0.25) is 0 Å². The molecule has 0 radical (unpaired) electrons. The maximum atomic E-state index is 11.0. The van der Waals surface area contributed by atoms with Crippen molar-refractivity contribution in [2.75, 3.05) is 13.2 Å². The minimum absolute atomic E-state index is 0.0706. The van der Waals surface area contributed by atoms with Gasteiger partial charge >= 0.3 is 0 Å². The van der Waals surface area contributed by atoms with Crippen molar-refractivity contribution in [2.24, 2.45) is 0 Å². The predicted octanol–water partition coefficient (Wildman–Crippen LogP) is -0.310. The van der Waals surface area contributed by atoms with Crippen LogP contribution < -0.4 is 5.32 Å². The topological polar surface area (TPSA) is 49.3 Å². The number of aliphatic hydroxyl groups is 1. The lowest BCUT2D eigenvalue weighted by Crippen LogP contribution is -2.42. The SMILES string of the molecule is O=C1CCCNC1CCO. The summed E-state index contributed by atoms with van der Waals surface area (Å²) in [6.07, 6.45) is 2.19. The standard InChI is InChI=1S/C7H13NO2/c9-5-3-6-7(10)2-1-4-8-6/h6,8-9H,1-5H2. The van der Waals surface area contributed by atoms with Crippen LogP contribution in [0.3, 0.4) is 0 Å². The van der Waals surface area contributed by atoms with E-state index in [1.54, 1.807) is 0 Å². The smallest absolute Gasteiger partial charge is 0.149 e. The highest BCUT2D eigenvalue weighted by molar-refractivity contribution is 5.84. The number of aliphatic hydroxyl groups excluding tert-OH is 1. The van der Waals surface area contributed by atoms with Crippen LogP contribution >= 0.6 is 0 Å². The second-order valence-corrected chi connectivity index (χ2v) is 2.59. The number of Topliss-reactive ketones (excluding diaryl/α,β-unsaturated/α-hetero) is 1. The molecule has 0 spiro atoms. The Bertz CT molecular complexity index is 123. The van der Waals surface area contributed by atoms with E-state index in [0.29, 0.717) is 12.8 Å². The van der Waals surface area contributed by atoms with Gasteiger partial charge in [0.1, 0.15) is 5.78 Å².